The van der Waals surface area contributed by atoms with Crippen molar-refractivity contribution in [2.75, 3.05) is 12.4 Å². The minimum Gasteiger partial charge on any atom is -0.477 e. The van der Waals surface area contributed by atoms with Crippen molar-refractivity contribution in [3.63, 3.8) is 0 Å². The van der Waals surface area contributed by atoms with Crippen molar-refractivity contribution in [1.29, 1.82) is 0 Å². The molecule has 0 bridgehead atoms. The number of hydrogen-bond acceptors (Lipinski definition) is 8. The Bertz CT molecular complexity index is 734. The van der Waals surface area contributed by atoms with E-state index >= 15 is 0 Å². The van der Waals surface area contributed by atoms with Gasteiger partial charge in [0.2, 0.25) is 5.91 Å². The highest BCUT2D eigenvalue weighted by molar-refractivity contribution is 8.01. The fraction of sp³-hybridized carbons (Fsp3) is 0.600. The van der Waals surface area contributed by atoms with Crippen LogP contribution in [0.15, 0.2) is 22.5 Å². The number of carbonyl (C=O) groups excluding carboxylic acids is 1. The Morgan fingerprint density at radius 1 is 1.54 bits per heavy atom. The number of aromatic amines is 1. The molecule has 1 aromatic rings. The fourth-order valence-corrected chi connectivity index (χ4v) is 6.14. The van der Waals surface area contributed by atoms with Crippen LogP contribution >= 0.6 is 23.5 Å². The van der Waals surface area contributed by atoms with Gasteiger partial charge in [0.05, 0.1) is 17.6 Å². The van der Waals surface area contributed by atoms with E-state index in [1.165, 1.54) is 28.4 Å². The van der Waals surface area contributed by atoms with Gasteiger partial charge in [-0.25, -0.2) is 4.79 Å². The van der Waals surface area contributed by atoms with Crippen molar-refractivity contribution in [3.8, 4) is 0 Å². The van der Waals surface area contributed by atoms with Crippen molar-refractivity contribution >= 4 is 35.4 Å². The van der Waals surface area contributed by atoms with Gasteiger partial charge in [0.25, 0.3) is 0 Å². The number of H-pyrrole nitrogens is 1. The number of β-lactam (4-membered cyclic amide) rings is 1. The molecule has 0 spiro atoms. The van der Waals surface area contributed by atoms with E-state index in [1.807, 2.05) is 0 Å². The molecule has 4 rings (SSSR count). The Balaban J connectivity index is 1.72. The van der Waals surface area contributed by atoms with Gasteiger partial charge in [0, 0.05) is 12.4 Å². The van der Waals surface area contributed by atoms with Crippen molar-refractivity contribution in [2.45, 2.75) is 47.1 Å². The topological polar surface area (TPSA) is 134 Å². The van der Waals surface area contributed by atoms with E-state index in [-0.39, 0.29) is 28.3 Å². The number of carboxylic acid groups (broad SMARTS) is 1. The predicted molar refractivity (Wildman–Crippen MR) is 95.3 cm³/mol. The maximum atomic E-state index is 12.2. The summed E-state index contributed by atoms with van der Waals surface area (Å²) in [7, 11) is 0. The van der Waals surface area contributed by atoms with E-state index in [2.05, 4.69) is 15.4 Å². The number of nitrogens with two attached hydrogens (primary N) is 1. The van der Waals surface area contributed by atoms with Gasteiger partial charge < -0.3 is 15.6 Å². The number of carboxylic acids is 1. The molecule has 26 heavy (non-hydrogen) atoms. The molecule has 11 heteroatoms. The molecule has 4 N–H and O–H groups in total. The summed E-state index contributed by atoms with van der Waals surface area (Å²) in [5.41, 5.74) is 6.58. The number of ether oxygens (including phenoxy) is 1. The van der Waals surface area contributed by atoms with Gasteiger partial charge in [-0.1, -0.05) is 11.8 Å². The summed E-state index contributed by atoms with van der Waals surface area (Å²) in [6.45, 7) is 0.652. The van der Waals surface area contributed by atoms with Gasteiger partial charge >= 0.3 is 5.97 Å². The first kappa shape index (κ1) is 17.8. The number of amides is 1. The van der Waals surface area contributed by atoms with E-state index in [9.17, 15) is 14.7 Å². The highest BCUT2D eigenvalue weighted by Gasteiger charge is 2.53. The monoisotopic (exact) mass is 397 g/mol. The van der Waals surface area contributed by atoms with E-state index < -0.39 is 12.0 Å². The first-order chi connectivity index (χ1) is 12.6. The maximum Gasteiger partial charge on any atom is 0.352 e. The molecule has 3 aliphatic heterocycles. The third kappa shape index (κ3) is 3.02. The number of aliphatic carboxylic acids is 1. The van der Waals surface area contributed by atoms with Gasteiger partial charge in [-0.2, -0.15) is 10.3 Å². The Morgan fingerprint density at radius 2 is 2.38 bits per heavy atom. The second-order valence-corrected chi connectivity index (χ2v) is 8.63. The maximum absolute atomic E-state index is 12.2. The average molecular weight is 397 g/mol. The normalized spacial score (nSPS) is 30.0. The Hall–Kier alpha value is -1.56. The van der Waals surface area contributed by atoms with Crippen LogP contribution in [0.4, 0.5) is 0 Å². The molecule has 2 saturated heterocycles. The van der Waals surface area contributed by atoms with Crippen LogP contribution < -0.4 is 5.73 Å². The Kier molecular flexibility index (Phi) is 4.95. The van der Waals surface area contributed by atoms with Gasteiger partial charge in [0.15, 0.2) is 0 Å². The average Bonchev–Trinajstić information content (AvgIpc) is 3.18. The molecule has 9 nitrogen and oxygen atoms in total. The van der Waals surface area contributed by atoms with E-state index in [0.717, 1.165) is 19.3 Å². The van der Waals surface area contributed by atoms with Crippen molar-refractivity contribution in [2.24, 2.45) is 5.73 Å². The second kappa shape index (κ2) is 7.22. The number of hydrogen-bond donors (Lipinski definition) is 3. The van der Waals surface area contributed by atoms with Crippen LogP contribution in [-0.2, 0) is 14.3 Å². The van der Waals surface area contributed by atoms with Crippen molar-refractivity contribution in [3.05, 3.63) is 17.5 Å². The summed E-state index contributed by atoms with van der Waals surface area (Å²) in [6, 6.07) is -0.636. The second-order valence-electron chi connectivity index (χ2n) is 6.37. The molecule has 2 fully saturated rings. The summed E-state index contributed by atoms with van der Waals surface area (Å²) in [4.78, 5) is 25.5. The molecule has 0 aliphatic carbocycles. The summed E-state index contributed by atoms with van der Waals surface area (Å²) in [5.74, 6) is -0.946. The number of nitrogens with one attached hydrogen (secondary N) is 1. The summed E-state index contributed by atoms with van der Waals surface area (Å²) in [6.07, 6.45) is 4.34. The highest BCUT2D eigenvalue weighted by atomic mass is 32.2. The molecular weight excluding hydrogens is 378 g/mol. The molecular formula is C15H19N5O4S2. The molecule has 140 valence electrons. The number of carbonyl (C=O) groups is 2. The number of rotatable bonds is 5. The SMILES string of the molecule is NC1C(=O)N2C(C(=O)O)=C(C(Sc3cn[nH]n3)C3CCCCO3)CS[C@@H]12. The van der Waals surface area contributed by atoms with E-state index in [1.54, 1.807) is 6.20 Å². The minimum absolute atomic E-state index is 0.0515. The van der Waals surface area contributed by atoms with Crippen LogP contribution in [0.25, 0.3) is 0 Å². The van der Waals surface area contributed by atoms with Crippen LogP contribution in [0.2, 0.25) is 0 Å². The summed E-state index contributed by atoms with van der Waals surface area (Å²) in [5, 5.41) is 20.4. The van der Waals surface area contributed by atoms with Gasteiger partial charge in [0.1, 0.15) is 22.1 Å². The Morgan fingerprint density at radius 3 is 3.04 bits per heavy atom. The quantitative estimate of drug-likeness (QED) is 0.477. The predicted octanol–water partition coefficient (Wildman–Crippen LogP) is 0.416. The fourth-order valence-electron chi connectivity index (χ4n) is 3.51. The van der Waals surface area contributed by atoms with Gasteiger partial charge in [-0.05, 0) is 24.8 Å². The summed E-state index contributed by atoms with van der Waals surface area (Å²) < 4.78 is 5.95. The standard InChI is InChI=1S/C15H19N5O4S2/c16-10-13(21)20-11(15(22)23)7(6-25-14(10)20)12(8-3-1-2-4-24-8)26-9-5-17-19-18-9/h5,8,10,12,14H,1-4,6,16H2,(H,22,23)(H,17,18,19)/t8?,10?,12?,14-/m0/s1. The zero-order chi connectivity index (χ0) is 18.3. The molecule has 0 radical (unpaired) electrons. The molecule has 1 aromatic heterocycles. The van der Waals surface area contributed by atoms with Crippen LogP contribution in [0.3, 0.4) is 0 Å². The zero-order valence-corrected chi connectivity index (χ0v) is 15.5. The number of nitrogens with zero attached hydrogens (tertiary/aromatic N) is 3. The molecule has 3 unspecified atom stereocenters. The largest absolute Gasteiger partial charge is 0.477 e. The molecule has 4 heterocycles. The first-order valence-corrected chi connectivity index (χ1v) is 10.3. The Labute approximate surface area is 158 Å². The number of thioether (sulfide) groups is 2. The van der Waals surface area contributed by atoms with Crippen LogP contribution in [0.1, 0.15) is 19.3 Å². The third-order valence-electron chi connectivity index (χ3n) is 4.78. The molecule has 0 saturated carbocycles. The lowest BCUT2D eigenvalue weighted by molar-refractivity contribution is -0.148. The van der Waals surface area contributed by atoms with Crippen LogP contribution in [0.5, 0.6) is 0 Å². The highest BCUT2D eigenvalue weighted by Crippen LogP contribution is 2.45. The first-order valence-electron chi connectivity index (χ1n) is 8.38. The lowest BCUT2D eigenvalue weighted by atomic mass is 9.97. The number of fused-ring (bicyclic) bond motifs is 1. The molecule has 0 aromatic carbocycles. The van der Waals surface area contributed by atoms with Gasteiger partial charge in [-0.15, -0.1) is 16.9 Å². The summed E-state index contributed by atoms with van der Waals surface area (Å²) >= 11 is 2.93. The van der Waals surface area contributed by atoms with Crippen molar-refractivity contribution < 1.29 is 19.4 Å². The molecule has 3 aliphatic rings. The van der Waals surface area contributed by atoms with E-state index in [4.69, 9.17) is 10.5 Å². The molecule has 1 amide bonds. The van der Waals surface area contributed by atoms with Crippen LogP contribution in [0, 0.1) is 0 Å². The van der Waals surface area contributed by atoms with Gasteiger partial charge in [-0.3, -0.25) is 9.69 Å². The minimum atomic E-state index is -1.10. The van der Waals surface area contributed by atoms with E-state index in [0.29, 0.717) is 23.0 Å². The zero-order valence-electron chi connectivity index (χ0n) is 13.8. The lowest BCUT2D eigenvalue weighted by Gasteiger charge is -2.49. The smallest absolute Gasteiger partial charge is 0.352 e. The van der Waals surface area contributed by atoms with Crippen LogP contribution in [-0.4, -0.2) is 72.4 Å². The third-order valence-corrected chi connectivity index (χ3v) is 7.38. The lowest BCUT2D eigenvalue weighted by Crippen LogP contribution is -2.68. The van der Waals surface area contributed by atoms with Crippen molar-refractivity contribution in [1.82, 2.24) is 20.3 Å². The number of aromatic nitrogens is 3. The molecule has 4 atom stereocenters.